The van der Waals surface area contributed by atoms with Crippen LogP contribution in [0.5, 0.6) is 0 Å². The maximum atomic E-state index is 13.0. The van der Waals surface area contributed by atoms with E-state index in [1.165, 1.54) is 50.6 Å². The number of benzene rings is 1. The normalized spacial score (nSPS) is 31.4. The summed E-state index contributed by atoms with van der Waals surface area (Å²) in [5.74, 6) is -0.682. The van der Waals surface area contributed by atoms with Crippen molar-refractivity contribution in [2.75, 3.05) is 18.6 Å². The fraction of sp³-hybridized carbons (Fsp3) is 0.385. The van der Waals surface area contributed by atoms with E-state index in [1.54, 1.807) is 6.07 Å². The van der Waals surface area contributed by atoms with Crippen molar-refractivity contribution in [3.05, 3.63) is 33.9 Å². The van der Waals surface area contributed by atoms with Crippen molar-refractivity contribution in [2.45, 2.75) is 16.2 Å². The monoisotopic (exact) mass is 353 g/mol. The number of nitro groups is 1. The largest absolute Gasteiger partial charge is 0.392 e. The number of hydrogen-bond donors (Lipinski definition) is 1. The first-order valence-corrected chi connectivity index (χ1v) is 8.90. The van der Waals surface area contributed by atoms with Gasteiger partial charge in [-0.15, -0.1) is 0 Å². The molecule has 4 aliphatic rings. The Labute approximate surface area is 138 Å². The predicted octanol–water partition coefficient (Wildman–Crippen LogP) is 0.736. The van der Waals surface area contributed by atoms with Gasteiger partial charge in [0.15, 0.2) is 4.87 Å². The number of hydrogen-bond acceptors (Lipinski definition) is 7. The summed E-state index contributed by atoms with van der Waals surface area (Å²) < 4.78 is 0. The third-order valence-electron chi connectivity index (χ3n) is 4.56. The van der Waals surface area contributed by atoms with Crippen LogP contribution in [0.3, 0.4) is 0 Å². The van der Waals surface area contributed by atoms with Crippen molar-refractivity contribution in [3.8, 4) is 0 Å². The highest BCUT2D eigenvalue weighted by molar-refractivity contribution is 8.78. The van der Waals surface area contributed by atoms with Gasteiger partial charge in [0.1, 0.15) is 0 Å². The standard InChI is InChI=1S/C13H11N3O5S2/c1-14-10(18)12-5-7-2-3-8(16(20)21)4-9(7)15(12)11(19)13(14,6-17)23-22-12/h2-4,17H,5-6H2,1H3/t12-,13-/m0/s1. The van der Waals surface area contributed by atoms with Gasteiger partial charge in [-0.25, -0.2) is 0 Å². The summed E-state index contributed by atoms with van der Waals surface area (Å²) in [5.41, 5.74) is 0.970. The fourth-order valence-corrected chi connectivity index (χ4v) is 6.79. The lowest BCUT2D eigenvalue weighted by molar-refractivity contribution is -0.384. The van der Waals surface area contributed by atoms with Crippen LogP contribution in [0.1, 0.15) is 5.56 Å². The van der Waals surface area contributed by atoms with E-state index < -0.39 is 27.2 Å². The molecule has 0 radical (unpaired) electrons. The Bertz CT molecular complexity index is 787. The van der Waals surface area contributed by atoms with Crippen LogP contribution in [0.25, 0.3) is 0 Å². The molecule has 120 valence electrons. The summed E-state index contributed by atoms with van der Waals surface area (Å²) in [4.78, 5) is 36.4. The number of nitro benzene ring substituents is 1. The molecule has 0 aromatic heterocycles. The van der Waals surface area contributed by atoms with Crippen molar-refractivity contribution in [2.24, 2.45) is 0 Å². The number of non-ortho nitro benzene ring substituents is 1. The smallest absolute Gasteiger partial charge is 0.271 e. The number of aliphatic hydroxyl groups is 1. The van der Waals surface area contributed by atoms with Gasteiger partial charge in [-0.3, -0.25) is 24.6 Å². The van der Waals surface area contributed by atoms with E-state index >= 15 is 0 Å². The van der Waals surface area contributed by atoms with Crippen LogP contribution >= 0.6 is 21.6 Å². The number of carbonyl (C=O) groups excluding carboxylic acids is 2. The predicted molar refractivity (Wildman–Crippen MR) is 84.8 cm³/mol. The molecule has 1 aromatic carbocycles. The molecule has 0 saturated carbocycles. The lowest BCUT2D eigenvalue weighted by Gasteiger charge is -2.57. The Balaban J connectivity index is 1.93. The molecule has 1 N–H and O–H groups in total. The van der Waals surface area contributed by atoms with E-state index in [0.29, 0.717) is 12.1 Å². The topological polar surface area (TPSA) is 104 Å². The molecule has 2 bridgehead atoms. The summed E-state index contributed by atoms with van der Waals surface area (Å²) in [6.07, 6.45) is 0.300. The molecule has 10 heteroatoms. The third-order valence-corrected chi connectivity index (χ3v) is 8.18. The minimum Gasteiger partial charge on any atom is -0.392 e. The van der Waals surface area contributed by atoms with Crippen molar-refractivity contribution in [1.82, 2.24) is 4.90 Å². The Morgan fingerprint density at radius 3 is 2.74 bits per heavy atom. The van der Waals surface area contributed by atoms with E-state index in [4.69, 9.17) is 0 Å². The quantitative estimate of drug-likeness (QED) is 0.475. The minimum absolute atomic E-state index is 0.133. The van der Waals surface area contributed by atoms with Gasteiger partial charge in [-0.2, -0.15) is 0 Å². The number of amides is 2. The fourth-order valence-electron chi connectivity index (χ4n) is 3.28. The molecule has 8 nitrogen and oxygen atoms in total. The molecule has 3 fully saturated rings. The van der Waals surface area contributed by atoms with Gasteiger partial charge in [-0.1, -0.05) is 10.8 Å². The average Bonchev–Trinajstić information content (AvgIpc) is 2.88. The molecule has 0 unspecified atom stereocenters. The molecule has 2 amide bonds. The van der Waals surface area contributed by atoms with Crippen molar-refractivity contribution in [1.29, 1.82) is 0 Å². The van der Waals surface area contributed by atoms with Crippen LogP contribution in [0.2, 0.25) is 0 Å². The van der Waals surface area contributed by atoms with E-state index in [2.05, 4.69) is 0 Å². The second-order valence-corrected chi connectivity index (χ2v) is 8.33. The zero-order valence-corrected chi connectivity index (χ0v) is 13.5. The van der Waals surface area contributed by atoms with Gasteiger partial charge < -0.3 is 10.0 Å². The highest BCUT2D eigenvalue weighted by Gasteiger charge is 2.71. The van der Waals surface area contributed by atoms with Gasteiger partial charge in [0, 0.05) is 25.6 Å². The van der Waals surface area contributed by atoms with Gasteiger partial charge in [0.2, 0.25) is 4.87 Å². The molecular formula is C13H11N3O5S2. The highest BCUT2D eigenvalue weighted by atomic mass is 33.1. The van der Waals surface area contributed by atoms with Gasteiger partial charge in [-0.05, 0) is 22.4 Å². The Kier molecular flexibility index (Phi) is 2.83. The van der Waals surface area contributed by atoms with Crippen LogP contribution < -0.4 is 4.90 Å². The molecule has 2 atom stereocenters. The van der Waals surface area contributed by atoms with E-state index in [-0.39, 0.29) is 11.6 Å². The number of rotatable bonds is 2. The summed E-state index contributed by atoms with van der Waals surface area (Å²) in [6.45, 7) is -0.511. The second kappa shape index (κ2) is 4.40. The zero-order valence-electron chi connectivity index (χ0n) is 11.9. The van der Waals surface area contributed by atoms with Crippen LogP contribution in [-0.2, 0) is 16.0 Å². The van der Waals surface area contributed by atoms with Crippen LogP contribution in [-0.4, -0.2) is 50.1 Å². The number of fused-ring (bicyclic) bond motifs is 3. The molecule has 1 aromatic rings. The summed E-state index contributed by atoms with van der Waals surface area (Å²) in [7, 11) is 3.92. The summed E-state index contributed by atoms with van der Waals surface area (Å²) in [5, 5.41) is 20.8. The molecule has 4 aliphatic heterocycles. The summed E-state index contributed by atoms with van der Waals surface area (Å²) in [6, 6.07) is 4.29. The maximum Gasteiger partial charge on any atom is 0.271 e. The lowest BCUT2D eigenvalue weighted by Crippen LogP contribution is -2.77. The number of aliphatic hydroxyl groups excluding tert-OH is 1. The number of piperazine rings is 1. The SMILES string of the molecule is CN1C(=O)[C@@]23Cc4ccc([N+](=O)[O-])cc4N2C(=O)[C@]1(CO)SS3. The average molecular weight is 353 g/mol. The zero-order chi connectivity index (χ0) is 16.6. The van der Waals surface area contributed by atoms with Crippen molar-refractivity contribution < 1.29 is 19.6 Å². The lowest BCUT2D eigenvalue weighted by atomic mass is 10.0. The van der Waals surface area contributed by atoms with E-state index in [0.717, 1.165) is 5.56 Å². The Hall–Kier alpha value is -1.78. The van der Waals surface area contributed by atoms with Crippen LogP contribution in [0, 0.1) is 10.1 Å². The number of likely N-dealkylation sites (N-methyl/N-ethyl adjacent to an activating group) is 1. The van der Waals surface area contributed by atoms with Crippen molar-refractivity contribution >= 4 is 44.8 Å². The first-order valence-electron chi connectivity index (χ1n) is 6.75. The molecular weight excluding hydrogens is 342 g/mol. The van der Waals surface area contributed by atoms with Crippen LogP contribution in [0.15, 0.2) is 18.2 Å². The van der Waals surface area contributed by atoms with Crippen LogP contribution in [0.4, 0.5) is 11.4 Å². The van der Waals surface area contributed by atoms with E-state index in [9.17, 15) is 24.8 Å². The van der Waals surface area contributed by atoms with Crippen molar-refractivity contribution in [3.63, 3.8) is 0 Å². The number of nitrogens with zero attached hydrogens (tertiary/aromatic N) is 3. The first-order chi connectivity index (χ1) is 10.9. The minimum atomic E-state index is -1.38. The first kappa shape index (κ1) is 14.8. The maximum absolute atomic E-state index is 13.0. The molecule has 1 spiro atoms. The van der Waals surface area contributed by atoms with Gasteiger partial charge >= 0.3 is 0 Å². The molecule has 4 heterocycles. The Morgan fingerprint density at radius 2 is 2.09 bits per heavy atom. The Morgan fingerprint density at radius 1 is 1.35 bits per heavy atom. The summed E-state index contributed by atoms with van der Waals surface area (Å²) >= 11 is 0. The number of carbonyl (C=O) groups is 2. The number of anilines is 1. The second-order valence-electron chi connectivity index (χ2n) is 5.65. The molecule has 5 rings (SSSR count). The highest BCUT2D eigenvalue weighted by Crippen LogP contribution is 2.63. The van der Waals surface area contributed by atoms with Gasteiger partial charge in [0.25, 0.3) is 17.5 Å². The molecule has 23 heavy (non-hydrogen) atoms. The van der Waals surface area contributed by atoms with E-state index in [1.807, 2.05) is 0 Å². The molecule has 3 saturated heterocycles. The van der Waals surface area contributed by atoms with Gasteiger partial charge in [0.05, 0.1) is 17.2 Å². The molecule has 0 aliphatic carbocycles. The third kappa shape index (κ3) is 1.53.